The fourth-order valence-corrected chi connectivity index (χ4v) is 1.94. The monoisotopic (exact) mass is 259 g/mol. The van der Waals surface area contributed by atoms with Crippen LogP contribution in [0.1, 0.15) is 11.1 Å². The molecule has 6 heteroatoms. The van der Waals surface area contributed by atoms with E-state index in [-0.39, 0.29) is 0 Å². The summed E-state index contributed by atoms with van der Waals surface area (Å²) in [5, 5.41) is 3.21. The first kappa shape index (κ1) is 13.1. The molecule has 0 saturated carbocycles. The molecule has 0 aliphatic carbocycles. The van der Waals surface area contributed by atoms with Crippen LogP contribution >= 0.6 is 0 Å². The van der Waals surface area contributed by atoms with Gasteiger partial charge in [-0.05, 0) is 37.1 Å². The van der Waals surface area contributed by atoms with Crippen LogP contribution in [0.3, 0.4) is 0 Å². The van der Waals surface area contributed by atoms with Crippen molar-refractivity contribution < 1.29 is 4.74 Å². The maximum Gasteiger partial charge on any atom is 0.205 e. The SMILES string of the molecule is COc1c(NN)ncnc1Nc1cc(C)cc(C)c1. The molecule has 1 aromatic carbocycles. The first-order valence-corrected chi connectivity index (χ1v) is 5.85. The van der Waals surface area contributed by atoms with E-state index in [1.165, 1.54) is 17.5 Å². The molecule has 0 bridgehead atoms. The van der Waals surface area contributed by atoms with Crippen LogP contribution < -0.4 is 21.3 Å². The van der Waals surface area contributed by atoms with E-state index in [0.717, 1.165) is 5.69 Å². The Morgan fingerprint density at radius 2 is 1.68 bits per heavy atom. The Morgan fingerprint density at radius 3 is 2.26 bits per heavy atom. The van der Waals surface area contributed by atoms with Gasteiger partial charge in [-0.15, -0.1) is 0 Å². The predicted molar refractivity (Wildman–Crippen MR) is 75.6 cm³/mol. The number of hydrazine groups is 1. The third kappa shape index (κ3) is 2.92. The average Bonchev–Trinajstić information content (AvgIpc) is 2.37. The van der Waals surface area contributed by atoms with E-state index in [4.69, 9.17) is 10.6 Å². The minimum absolute atomic E-state index is 0.435. The van der Waals surface area contributed by atoms with Gasteiger partial charge in [-0.3, -0.25) is 0 Å². The summed E-state index contributed by atoms with van der Waals surface area (Å²) in [6.07, 6.45) is 1.42. The molecule has 0 unspecified atom stereocenters. The molecule has 1 aromatic heterocycles. The van der Waals surface area contributed by atoms with Gasteiger partial charge in [0.05, 0.1) is 7.11 Å². The molecule has 0 radical (unpaired) electrons. The highest BCUT2D eigenvalue weighted by Crippen LogP contribution is 2.30. The summed E-state index contributed by atoms with van der Waals surface area (Å²) >= 11 is 0. The number of aryl methyl sites for hydroxylation is 2. The van der Waals surface area contributed by atoms with Crippen molar-refractivity contribution in [3.8, 4) is 5.75 Å². The predicted octanol–water partition coefficient (Wildman–Crippen LogP) is 2.13. The number of nitrogens with two attached hydrogens (primary N) is 1. The largest absolute Gasteiger partial charge is 0.490 e. The quantitative estimate of drug-likeness (QED) is 0.576. The molecule has 1 heterocycles. The highest BCUT2D eigenvalue weighted by molar-refractivity contribution is 5.69. The van der Waals surface area contributed by atoms with Crippen LogP contribution in [0.15, 0.2) is 24.5 Å². The summed E-state index contributed by atoms with van der Waals surface area (Å²) in [5.41, 5.74) is 5.77. The molecular formula is C13H17N5O. The van der Waals surface area contributed by atoms with Gasteiger partial charge in [0.15, 0.2) is 11.6 Å². The lowest BCUT2D eigenvalue weighted by Crippen LogP contribution is -2.11. The molecular weight excluding hydrogens is 242 g/mol. The third-order valence-electron chi connectivity index (χ3n) is 2.63. The second kappa shape index (κ2) is 5.53. The number of benzene rings is 1. The standard InChI is InChI=1S/C13H17N5O/c1-8-4-9(2)6-10(5-8)17-12-11(19-3)13(18-14)16-7-15-12/h4-7H,14H2,1-3H3,(H2,15,16,17,18). The molecule has 4 N–H and O–H groups in total. The molecule has 0 spiro atoms. The number of nitrogens with one attached hydrogen (secondary N) is 2. The minimum atomic E-state index is 0.435. The van der Waals surface area contributed by atoms with Crippen LogP contribution in [0.25, 0.3) is 0 Å². The van der Waals surface area contributed by atoms with E-state index < -0.39 is 0 Å². The zero-order chi connectivity index (χ0) is 13.8. The van der Waals surface area contributed by atoms with Gasteiger partial charge in [0.25, 0.3) is 0 Å². The summed E-state index contributed by atoms with van der Waals surface area (Å²) < 4.78 is 5.27. The summed E-state index contributed by atoms with van der Waals surface area (Å²) in [5.74, 6) is 6.86. The van der Waals surface area contributed by atoms with E-state index >= 15 is 0 Å². The normalized spacial score (nSPS) is 10.1. The second-order valence-electron chi connectivity index (χ2n) is 4.25. The van der Waals surface area contributed by atoms with Crippen molar-refractivity contribution in [3.05, 3.63) is 35.7 Å². The maximum absolute atomic E-state index is 5.39. The van der Waals surface area contributed by atoms with Crippen molar-refractivity contribution in [2.45, 2.75) is 13.8 Å². The van der Waals surface area contributed by atoms with Gasteiger partial charge in [0, 0.05) is 5.69 Å². The number of rotatable bonds is 4. The van der Waals surface area contributed by atoms with E-state index in [2.05, 4.69) is 26.8 Å². The van der Waals surface area contributed by atoms with Crippen LogP contribution in [-0.4, -0.2) is 17.1 Å². The van der Waals surface area contributed by atoms with Gasteiger partial charge < -0.3 is 15.5 Å². The Balaban J connectivity index is 2.37. The summed E-state index contributed by atoms with van der Waals surface area (Å²) in [6, 6.07) is 6.17. The number of methoxy groups -OCH3 is 1. The molecule has 0 aliphatic heterocycles. The molecule has 2 rings (SSSR count). The Bertz CT molecular complexity index is 565. The number of aromatic nitrogens is 2. The molecule has 6 nitrogen and oxygen atoms in total. The van der Waals surface area contributed by atoms with Gasteiger partial charge in [0.2, 0.25) is 5.75 Å². The number of nitrogens with zero attached hydrogens (tertiary/aromatic N) is 2. The Labute approximate surface area is 112 Å². The summed E-state index contributed by atoms with van der Waals surface area (Å²) in [7, 11) is 1.55. The van der Waals surface area contributed by atoms with Crippen molar-refractivity contribution in [1.82, 2.24) is 9.97 Å². The van der Waals surface area contributed by atoms with Gasteiger partial charge in [-0.1, -0.05) is 6.07 Å². The zero-order valence-electron chi connectivity index (χ0n) is 11.2. The average molecular weight is 259 g/mol. The van der Waals surface area contributed by atoms with Crippen LogP contribution in [0, 0.1) is 13.8 Å². The van der Waals surface area contributed by atoms with Crippen LogP contribution in [-0.2, 0) is 0 Å². The number of nitrogen functional groups attached to an aromatic ring is 1. The number of hydrogen-bond acceptors (Lipinski definition) is 6. The molecule has 0 amide bonds. The zero-order valence-corrected chi connectivity index (χ0v) is 11.2. The van der Waals surface area contributed by atoms with Gasteiger partial charge >= 0.3 is 0 Å². The van der Waals surface area contributed by atoms with Crippen molar-refractivity contribution in [1.29, 1.82) is 0 Å². The molecule has 0 atom stereocenters. The van der Waals surface area contributed by atoms with Crippen molar-refractivity contribution in [3.63, 3.8) is 0 Å². The van der Waals surface area contributed by atoms with E-state index in [1.807, 2.05) is 26.0 Å². The number of hydrogen-bond donors (Lipinski definition) is 3. The smallest absolute Gasteiger partial charge is 0.205 e. The van der Waals surface area contributed by atoms with Gasteiger partial charge in [-0.25, -0.2) is 15.8 Å². The third-order valence-corrected chi connectivity index (χ3v) is 2.63. The van der Waals surface area contributed by atoms with Crippen molar-refractivity contribution >= 4 is 17.3 Å². The lowest BCUT2D eigenvalue weighted by molar-refractivity contribution is 0.415. The fourth-order valence-electron chi connectivity index (χ4n) is 1.94. The highest BCUT2D eigenvalue weighted by Gasteiger charge is 2.11. The molecule has 0 saturated heterocycles. The first-order valence-electron chi connectivity index (χ1n) is 5.85. The first-order chi connectivity index (χ1) is 9.13. The molecule has 100 valence electrons. The molecule has 0 aliphatic rings. The van der Waals surface area contributed by atoms with Crippen LogP contribution in [0.4, 0.5) is 17.3 Å². The Kier molecular flexibility index (Phi) is 3.82. The summed E-state index contributed by atoms with van der Waals surface area (Å²) in [6.45, 7) is 4.09. The van der Waals surface area contributed by atoms with Gasteiger partial charge in [-0.2, -0.15) is 0 Å². The van der Waals surface area contributed by atoms with E-state index in [1.54, 1.807) is 7.11 Å². The van der Waals surface area contributed by atoms with E-state index in [9.17, 15) is 0 Å². The van der Waals surface area contributed by atoms with Crippen molar-refractivity contribution in [2.24, 2.45) is 5.84 Å². The Hall–Kier alpha value is -2.34. The minimum Gasteiger partial charge on any atom is -0.490 e. The number of ether oxygens (including phenoxy) is 1. The number of anilines is 3. The second-order valence-corrected chi connectivity index (χ2v) is 4.25. The van der Waals surface area contributed by atoms with Crippen LogP contribution in [0.2, 0.25) is 0 Å². The van der Waals surface area contributed by atoms with E-state index in [0.29, 0.717) is 17.4 Å². The highest BCUT2D eigenvalue weighted by atomic mass is 16.5. The molecule has 19 heavy (non-hydrogen) atoms. The lowest BCUT2D eigenvalue weighted by Gasteiger charge is -2.13. The lowest BCUT2D eigenvalue weighted by atomic mass is 10.1. The van der Waals surface area contributed by atoms with Gasteiger partial charge in [0.1, 0.15) is 6.33 Å². The van der Waals surface area contributed by atoms with Crippen LogP contribution in [0.5, 0.6) is 5.75 Å². The Morgan fingerprint density at radius 1 is 1.05 bits per heavy atom. The maximum atomic E-state index is 5.39. The fraction of sp³-hybridized carbons (Fsp3) is 0.231. The molecule has 2 aromatic rings. The summed E-state index contributed by atoms with van der Waals surface area (Å²) in [4.78, 5) is 8.16. The topological polar surface area (TPSA) is 85.1 Å². The van der Waals surface area contributed by atoms with Crippen molar-refractivity contribution in [2.75, 3.05) is 17.9 Å². The molecule has 0 fully saturated rings.